The maximum absolute atomic E-state index is 11.7. The van der Waals surface area contributed by atoms with Crippen LogP contribution in [0.25, 0.3) is 0 Å². The summed E-state index contributed by atoms with van der Waals surface area (Å²) in [6.07, 6.45) is 1.67. The van der Waals surface area contributed by atoms with Gasteiger partial charge in [-0.15, -0.1) is 0 Å². The first-order valence-electron chi connectivity index (χ1n) is 5.15. The second-order valence-corrected chi connectivity index (χ2v) is 6.41. The number of halogens is 1. The SMILES string of the molecule is Cn1nc(CN2CCCCS2(=O)=O)cc1Cl. The fraction of sp³-hybridized carbons (Fsp3) is 0.667. The van der Waals surface area contributed by atoms with Crippen LogP contribution in [0.15, 0.2) is 6.07 Å². The van der Waals surface area contributed by atoms with E-state index in [1.54, 1.807) is 13.1 Å². The lowest BCUT2D eigenvalue weighted by atomic mass is 10.3. The number of aromatic nitrogens is 2. The van der Waals surface area contributed by atoms with E-state index in [-0.39, 0.29) is 5.75 Å². The first kappa shape index (κ1) is 11.9. The maximum atomic E-state index is 11.7. The Morgan fingerprint density at radius 1 is 1.50 bits per heavy atom. The van der Waals surface area contributed by atoms with Crippen molar-refractivity contribution in [2.24, 2.45) is 7.05 Å². The third kappa shape index (κ3) is 2.39. The molecule has 16 heavy (non-hydrogen) atoms. The van der Waals surface area contributed by atoms with Crippen LogP contribution in [0.1, 0.15) is 18.5 Å². The van der Waals surface area contributed by atoms with E-state index in [4.69, 9.17) is 11.6 Å². The molecule has 1 aromatic heterocycles. The molecule has 1 aromatic rings. The third-order valence-corrected chi connectivity index (χ3v) is 4.92. The Kier molecular flexibility index (Phi) is 3.23. The Hall–Kier alpha value is -0.590. The Morgan fingerprint density at radius 3 is 2.81 bits per heavy atom. The normalized spacial score (nSPS) is 21.1. The molecule has 0 atom stereocenters. The van der Waals surface area contributed by atoms with Gasteiger partial charge in [0.2, 0.25) is 10.0 Å². The minimum absolute atomic E-state index is 0.244. The predicted molar refractivity (Wildman–Crippen MR) is 61.6 cm³/mol. The second-order valence-electron chi connectivity index (χ2n) is 3.94. The molecule has 5 nitrogen and oxygen atoms in total. The van der Waals surface area contributed by atoms with Gasteiger partial charge in [-0.1, -0.05) is 11.6 Å². The van der Waals surface area contributed by atoms with Crippen molar-refractivity contribution in [3.63, 3.8) is 0 Å². The number of hydrogen-bond acceptors (Lipinski definition) is 3. The lowest BCUT2D eigenvalue weighted by Gasteiger charge is -2.25. The van der Waals surface area contributed by atoms with Gasteiger partial charge in [0.05, 0.1) is 18.0 Å². The average Bonchev–Trinajstić information content (AvgIpc) is 2.50. The molecule has 1 fully saturated rings. The van der Waals surface area contributed by atoms with Crippen molar-refractivity contribution in [1.29, 1.82) is 0 Å². The van der Waals surface area contributed by atoms with Crippen LogP contribution in [-0.4, -0.2) is 34.8 Å². The highest BCUT2D eigenvalue weighted by Crippen LogP contribution is 2.18. The predicted octanol–water partition coefficient (Wildman–Crippen LogP) is 0.999. The van der Waals surface area contributed by atoms with Crippen LogP contribution in [0.2, 0.25) is 5.15 Å². The molecule has 1 aliphatic rings. The molecular weight excluding hydrogens is 250 g/mol. The molecule has 90 valence electrons. The minimum Gasteiger partial charge on any atom is -0.257 e. The van der Waals surface area contributed by atoms with Gasteiger partial charge in [-0.25, -0.2) is 8.42 Å². The monoisotopic (exact) mass is 263 g/mol. The van der Waals surface area contributed by atoms with Crippen molar-refractivity contribution < 1.29 is 8.42 Å². The van der Waals surface area contributed by atoms with Gasteiger partial charge in [0.25, 0.3) is 0 Å². The van der Waals surface area contributed by atoms with Gasteiger partial charge in [-0.05, 0) is 18.9 Å². The third-order valence-electron chi connectivity index (χ3n) is 2.66. The van der Waals surface area contributed by atoms with E-state index >= 15 is 0 Å². The molecule has 1 aliphatic heterocycles. The molecule has 0 aromatic carbocycles. The van der Waals surface area contributed by atoms with Gasteiger partial charge in [-0.3, -0.25) is 4.68 Å². The summed E-state index contributed by atoms with van der Waals surface area (Å²) in [7, 11) is -1.35. The topological polar surface area (TPSA) is 55.2 Å². The van der Waals surface area contributed by atoms with Crippen molar-refractivity contribution in [3.05, 3.63) is 16.9 Å². The average molecular weight is 264 g/mol. The number of aryl methyl sites for hydroxylation is 1. The highest BCUT2D eigenvalue weighted by Gasteiger charge is 2.26. The van der Waals surface area contributed by atoms with E-state index in [9.17, 15) is 8.42 Å². The van der Waals surface area contributed by atoms with Crippen LogP contribution in [0.4, 0.5) is 0 Å². The van der Waals surface area contributed by atoms with Crippen LogP contribution >= 0.6 is 11.6 Å². The molecule has 7 heteroatoms. The molecular formula is C9H14ClN3O2S. The van der Waals surface area contributed by atoms with Gasteiger partial charge in [0.15, 0.2) is 0 Å². The first-order valence-corrected chi connectivity index (χ1v) is 7.14. The standard InChI is InChI=1S/C9H14ClN3O2S/c1-12-9(10)6-8(11-12)7-13-4-2-3-5-16(13,14)15/h6H,2-5,7H2,1H3. The number of hydrogen-bond donors (Lipinski definition) is 0. The van der Waals surface area contributed by atoms with Crippen molar-refractivity contribution in [3.8, 4) is 0 Å². The van der Waals surface area contributed by atoms with E-state index in [2.05, 4.69) is 5.10 Å². The molecule has 2 rings (SSSR count). The summed E-state index contributed by atoms with van der Waals surface area (Å²) < 4.78 is 26.5. The summed E-state index contributed by atoms with van der Waals surface area (Å²) in [4.78, 5) is 0. The van der Waals surface area contributed by atoms with E-state index in [0.29, 0.717) is 23.9 Å². The summed E-state index contributed by atoms with van der Waals surface area (Å²) in [6.45, 7) is 0.902. The second kappa shape index (κ2) is 4.35. The van der Waals surface area contributed by atoms with Crippen molar-refractivity contribution >= 4 is 21.6 Å². The van der Waals surface area contributed by atoms with Crippen LogP contribution in [0, 0.1) is 0 Å². The van der Waals surface area contributed by atoms with Crippen LogP contribution in [-0.2, 0) is 23.6 Å². The molecule has 0 N–H and O–H groups in total. The fourth-order valence-corrected chi connectivity index (χ4v) is 3.50. The van der Waals surface area contributed by atoms with Crippen molar-refractivity contribution in [2.45, 2.75) is 19.4 Å². The number of sulfonamides is 1. The summed E-state index contributed by atoms with van der Waals surface area (Å²) >= 11 is 5.85. The smallest absolute Gasteiger partial charge is 0.214 e. The number of rotatable bonds is 2. The molecule has 1 saturated heterocycles. The van der Waals surface area contributed by atoms with Gasteiger partial charge in [0, 0.05) is 13.6 Å². The van der Waals surface area contributed by atoms with Gasteiger partial charge in [-0.2, -0.15) is 9.40 Å². The maximum Gasteiger partial charge on any atom is 0.214 e. The summed E-state index contributed by atoms with van der Waals surface area (Å²) in [5.74, 6) is 0.244. The molecule has 0 unspecified atom stereocenters. The lowest BCUT2D eigenvalue weighted by molar-refractivity contribution is 0.374. The van der Waals surface area contributed by atoms with Crippen LogP contribution < -0.4 is 0 Å². The zero-order valence-electron chi connectivity index (χ0n) is 9.06. The Morgan fingerprint density at radius 2 is 2.25 bits per heavy atom. The highest BCUT2D eigenvalue weighted by molar-refractivity contribution is 7.89. The quantitative estimate of drug-likeness (QED) is 0.800. The molecule has 0 spiro atoms. The van der Waals surface area contributed by atoms with E-state index in [0.717, 1.165) is 12.8 Å². The van der Waals surface area contributed by atoms with Gasteiger partial charge < -0.3 is 0 Å². The first-order chi connectivity index (χ1) is 7.49. The van der Waals surface area contributed by atoms with E-state index in [1.165, 1.54) is 8.99 Å². The Labute approximate surface area is 100 Å². The van der Waals surface area contributed by atoms with Gasteiger partial charge >= 0.3 is 0 Å². The summed E-state index contributed by atoms with van der Waals surface area (Å²) in [5.41, 5.74) is 0.693. The zero-order valence-corrected chi connectivity index (χ0v) is 10.6. The van der Waals surface area contributed by atoms with Crippen LogP contribution in [0.3, 0.4) is 0 Å². The fourth-order valence-electron chi connectivity index (χ4n) is 1.78. The van der Waals surface area contributed by atoms with Crippen LogP contribution in [0.5, 0.6) is 0 Å². The number of nitrogens with zero attached hydrogens (tertiary/aromatic N) is 3. The van der Waals surface area contributed by atoms with E-state index in [1.807, 2.05) is 0 Å². The summed E-state index contributed by atoms with van der Waals surface area (Å²) in [6, 6.07) is 1.70. The lowest BCUT2D eigenvalue weighted by Crippen LogP contribution is -2.37. The highest BCUT2D eigenvalue weighted by atomic mass is 35.5. The zero-order chi connectivity index (χ0) is 11.8. The van der Waals surface area contributed by atoms with E-state index < -0.39 is 10.0 Å². The Bertz CT molecular complexity index is 463. The Balaban J connectivity index is 2.14. The van der Waals surface area contributed by atoms with Gasteiger partial charge in [0.1, 0.15) is 5.15 Å². The largest absolute Gasteiger partial charge is 0.257 e. The molecule has 0 radical (unpaired) electrons. The molecule has 0 aliphatic carbocycles. The summed E-state index contributed by atoms with van der Waals surface area (Å²) in [5, 5.41) is 4.67. The minimum atomic E-state index is -3.08. The molecule has 0 amide bonds. The molecule has 0 bridgehead atoms. The van der Waals surface area contributed by atoms with Crippen molar-refractivity contribution in [1.82, 2.24) is 14.1 Å². The van der Waals surface area contributed by atoms with Crippen molar-refractivity contribution in [2.75, 3.05) is 12.3 Å². The molecule has 0 saturated carbocycles. The molecule has 2 heterocycles.